The van der Waals surface area contributed by atoms with Crippen LogP contribution < -0.4 is 5.32 Å². The highest BCUT2D eigenvalue weighted by Crippen LogP contribution is 2.38. The predicted octanol–water partition coefficient (Wildman–Crippen LogP) is 6.62. The number of benzene rings is 2. The zero-order valence-corrected chi connectivity index (χ0v) is 19.4. The number of nitrogens with one attached hydrogen (secondary N) is 1. The fourth-order valence-corrected chi connectivity index (χ4v) is 3.98. The third-order valence-corrected chi connectivity index (χ3v) is 5.71. The maximum atomic E-state index is 12.4. The van der Waals surface area contributed by atoms with E-state index in [-0.39, 0.29) is 7.43 Å². The largest absolute Gasteiger partial charge is 0.389 e. The maximum Gasteiger partial charge on any atom is 0.389 e. The van der Waals surface area contributed by atoms with E-state index in [2.05, 4.69) is 10.5 Å². The minimum atomic E-state index is -4.41. The highest BCUT2D eigenvalue weighted by atomic mass is 35.5. The molecule has 1 N–H and O–H groups in total. The summed E-state index contributed by atoms with van der Waals surface area (Å²) in [4.78, 5) is 29.7. The van der Waals surface area contributed by atoms with Gasteiger partial charge in [-0.1, -0.05) is 41.9 Å². The van der Waals surface area contributed by atoms with Crippen molar-refractivity contribution < 1.29 is 27.6 Å². The number of Topliss-reactive ketones (excluding diaryl/α,β-unsaturated/α-hetero) is 1. The number of rotatable bonds is 7. The number of carbonyl (C=O) groups is 2. The highest BCUT2D eigenvalue weighted by molar-refractivity contribution is 6.34. The van der Waals surface area contributed by atoms with Crippen molar-refractivity contribution in [2.45, 2.75) is 52.3 Å². The molecule has 10 heteroatoms. The van der Waals surface area contributed by atoms with Crippen LogP contribution in [0.15, 0.2) is 41.6 Å². The van der Waals surface area contributed by atoms with Gasteiger partial charge in [-0.05, 0) is 55.3 Å². The number of oxime groups is 1. The lowest BCUT2D eigenvalue weighted by Gasteiger charge is -2.22. The van der Waals surface area contributed by atoms with E-state index in [1.165, 1.54) is 0 Å². The highest BCUT2D eigenvalue weighted by Gasteiger charge is 2.37. The molecular weight excluding hydrogens is 492 g/mol. The van der Waals surface area contributed by atoms with Crippen LogP contribution in [0.5, 0.6) is 0 Å². The van der Waals surface area contributed by atoms with Crippen LogP contribution in [0.4, 0.5) is 13.2 Å². The van der Waals surface area contributed by atoms with Crippen LogP contribution in [-0.4, -0.2) is 30.1 Å². The van der Waals surface area contributed by atoms with Gasteiger partial charge in [0.1, 0.15) is 0 Å². The molecule has 2 aromatic rings. The molecule has 1 heterocycles. The Morgan fingerprint density at radius 3 is 2.38 bits per heavy atom. The Bertz CT molecular complexity index is 1100. The van der Waals surface area contributed by atoms with Gasteiger partial charge in [0.05, 0.1) is 18.7 Å². The normalized spacial score (nSPS) is 17.4. The third-order valence-electron chi connectivity index (χ3n) is 5.27. The Kier molecular flexibility index (Phi) is 8.77. The second-order valence-electron chi connectivity index (χ2n) is 8.06. The van der Waals surface area contributed by atoms with Crippen molar-refractivity contribution in [2.24, 2.45) is 5.16 Å². The topological polar surface area (TPSA) is 67.8 Å². The first kappa shape index (κ1) is 27.7. The molecule has 0 spiro atoms. The number of amides is 1. The van der Waals surface area contributed by atoms with Crippen molar-refractivity contribution in [1.82, 2.24) is 5.32 Å². The van der Waals surface area contributed by atoms with E-state index >= 15 is 0 Å². The van der Waals surface area contributed by atoms with Crippen molar-refractivity contribution in [1.29, 1.82) is 0 Å². The average Bonchev–Trinajstić information content (AvgIpc) is 3.13. The molecule has 0 aliphatic carbocycles. The third kappa shape index (κ3) is 6.96. The molecule has 0 saturated heterocycles. The van der Waals surface area contributed by atoms with Crippen molar-refractivity contribution >= 4 is 40.6 Å². The maximum absolute atomic E-state index is 12.4. The SMILES string of the molecule is C.Cc1cc(C2=NOC(C)(c3cc(Cl)cc(Cl)c3)C2)ccc1C(=O)NCC(=O)CCC(F)(F)F. The fourth-order valence-electron chi connectivity index (χ4n) is 3.45. The zero-order chi connectivity index (χ0) is 24.4. The van der Waals surface area contributed by atoms with Gasteiger partial charge >= 0.3 is 6.18 Å². The van der Waals surface area contributed by atoms with E-state index in [1.54, 1.807) is 43.3 Å². The lowest BCUT2D eigenvalue weighted by Crippen LogP contribution is -2.30. The number of carbonyl (C=O) groups excluding carboxylic acids is 2. The monoisotopic (exact) mass is 516 g/mol. The van der Waals surface area contributed by atoms with E-state index in [1.807, 2.05) is 6.92 Å². The van der Waals surface area contributed by atoms with E-state index in [4.69, 9.17) is 28.0 Å². The van der Waals surface area contributed by atoms with Gasteiger partial charge in [-0.15, -0.1) is 0 Å². The molecule has 0 bridgehead atoms. The van der Waals surface area contributed by atoms with Gasteiger partial charge in [-0.3, -0.25) is 9.59 Å². The molecule has 0 saturated carbocycles. The Morgan fingerprint density at radius 1 is 1.15 bits per heavy atom. The molecule has 34 heavy (non-hydrogen) atoms. The molecule has 0 aromatic heterocycles. The van der Waals surface area contributed by atoms with Crippen LogP contribution in [0, 0.1) is 6.92 Å². The van der Waals surface area contributed by atoms with Crippen LogP contribution in [0.1, 0.15) is 60.7 Å². The van der Waals surface area contributed by atoms with Gasteiger partial charge in [0.2, 0.25) is 0 Å². The lowest BCUT2D eigenvalue weighted by molar-refractivity contribution is -0.142. The number of alkyl halides is 3. The van der Waals surface area contributed by atoms with Crippen LogP contribution in [0.2, 0.25) is 10.0 Å². The summed E-state index contributed by atoms with van der Waals surface area (Å²) in [7, 11) is 0. The van der Waals surface area contributed by atoms with Crippen LogP contribution in [0.3, 0.4) is 0 Å². The van der Waals surface area contributed by atoms with Crippen molar-refractivity contribution in [3.63, 3.8) is 0 Å². The first-order valence-corrected chi connectivity index (χ1v) is 10.8. The Morgan fingerprint density at radius 2 is 1.79 bits per heavy atom. The minimum Gasteiger partial charge on any atom is -0.384 e. The second kappa shape index (κ2) is 10.8. The van der Waals surface area contributed by atoms with Crippen molar-refractivity contribution in [2.75, 3.05) is 6.54 Å². The fraction of sp³-hybridized carbons (Fsp3) is 0.375. The number of nitrogens with zero attached hydrogens (tertiary/aromatic N) is 1. The summed E-state index contributed by atoms with van der Waals surface area (Å²) in [6, 6.07) is 10.2. The first-order valence-electron chi connectivity index (χ1n) is 10.1. The molecule has 1 amide bonds. The van der Waals surface area contributed by atoms with E-state index in [0.717, 1.165) is 11.1 Å². The summed E-state index contributed by atoms with van der Waals surface area (Å²) in [6.07, 6.45) is -5.84. The average molecular weight is 517 g/mol. The summed E-state index contributed by atoms with van der Waals surface area (Å²) < 4.78 is 36.6. The van der Waals surface area contributed by atoms with Crippen molar-refractivity contribution in [3.05, 3.63) is 68.7 Å². The predicted molar refractivity (Wildman–Crippen MR) is 127 cm³/mol. The van der Waals surface area contributed by atoms with Crippen molar-refractivity contribution in [3.8, 4) is 0 Å². The summed E-state index contributed by atoms with van der Waals surface area (Å²) in [6.45, 7) is 3.13. The van der Waals surface area contributed by atoms with Crippen LogP contribution >= 0.6 is 23.2 Å². The van der Waals surface area contributed by atoms with E-state index in [9.17, 15) is 22.8 Å². The Labute approximate surface area is 206 Å². The Hall–Kier alpha value is -2.58. The van der Waals surface area contributed by atoms with Gasteiger partial charge in [-0.25, -0.2) is 0 Å². The number of ketones is 1. The minimum absolute atomic E-state index is 0. The van der Waals surface area contributed by atoms with Gasteiger partial charge in [0.25, 0.3) is 5.91 Å². The molecule has 0 radical (unpaired) electrons. The summed E-state index contributed by atoms with van der Waals surface area (Å²) in [5.74, 6) is -1.23. The molecular formula is C24H25Cl2F3N2O3. The van der Waals surface area contributed by atoms with E-state index in [0.29, 0.717) is 33.3 Å². The lowest BCUT2D eigenvalue weighted by atomic mass is 9.88. The molecule has 5 nitrogen and oxygen atoms in total. The smallest absolute Gasteiger partial charge is 0.384 e. The van der Waals surface area contributed by atoms with Crippen LogP contribution in [-0.2, 0) is 15.2 Å². The molecule has 184 valence electrons. The number of hydrogen-bond donors (Lipinski definition) is 1. The second-order valence-corrected chi connectivity index (χ2v) is 8.93. The van der Waals surface area contributed by atoms with E-state index < -0.39 is 42.9 Å². The summed E-state index contributed by atoms with van der Waals surface area (Å²) >= 11 is 12.2. The van der Waals surface area contributed by atoms with Gasteiger partial charge in [0.15, 0.2) is 11.4 Å². The molecule has 1 aliphatic heterocycles. The Balaban J connectivity index is 0.00000408. The number of aryl methyl sites for hydroxylation is 1. The molecule has 2 aromatic carbocycles. The standard InChI is InChI=1S/C23H21Cl2F3N2O3.CH4/c1-13-7-14(3-4-19(13)21(32)29-12-18(31)5-6-23(26,27)28)20-11-22(2,33-30-20)15-8-16(24)10-17(25)9-15;/h3-4,7-10H,5-6,11-12H2,1-2H3,(H,29,32);1H4. The number of halogens is 5. The molecule has 0 fully saturated rings. The quantitative estimate of drug-likeness (QED) is 0.449. The van der Waals surface area contributed by atoms with Crippen LogP contribution in [0.25, 0.3) is 0 Å². The first-order chi connectivity index (χ1) is 15.4. The molecule has 1 aliphatic rings. The molecule has 3 rings (SSSR count). The van der Waals surface area contributed by atoms with Gasteiger partial charge in [0, 0.05) is 34.0 Å². The van der Waals surface area contributed by atoms with Gasteiger partial charge < -0.3 is 10.2 Å². The number of hydrogen-bond acceptors (Lipinski definition) is 4. The summed E-state index contributed by atoms with van der Waals surface area (Å²) in [5.41, 5.74) is 2.38. The summed E-state index contributed by atoms with van der Waals surface area (Å²) in [5, 5.41) is 7.55. The molecule has 1 unspecified atom stereocenters. The molecule has 1 atom stereocenters. The van der Waals surface area contributed by atoms with Gasteiger partial charge in [-0.2, -0.15) is 13.2 Å². The zero-order valence-electron chi connectivity index (χ0n) is 17.9.